The van der Waals surface area contributed by atoms with Crippen LogP contribution in [0.1, 0.15) is 16.7 Å². The van der Waals surface area contributed by atoms with Gasteiger partial charge in [-0.1, -0.05) is 30.3 Å². The van der Waals surface area contributed by atoms with Gasteiger partial charge in [-0.05, 0) is 29.7 Å². The normalized spacial score (nSPS) is 16.4. The maximum Gasteiger partial charge on any atom is 0.161 e. The molecule has 0 amide bonds. The van der Waals surface area contributed by atoms with Crippen molar-refractivity contribution in [3.63, 3.8) is 0 Å². The SMILES string of the molecule is COc1cc2c(cc1OC)C1=C(C#N)CN(Cc3ccccc3)CN1CC2. The number of nitriles is 1. The van der Waals surface area contributed by atoms with E-state index in [1.807, 2.05) is 18.2 Å². The van der Waals surface area contributed by atoms with Gasteiger partial charge in [0.15, 0.2) is 11.5 Å². The minimum absolute atomic E-state index is 0.658. The van der Waals surface area contributed by atoms with Gasteiger partial charge in [0.1, 0.15) is 0 Å². The molecule has 0 aromatic heterocycles. The molecule has 0 aliphatic carbocycles. The molecule has 0 saturated heterocycles. The molecule has 138 valence electrons. The summed E-state index contributed by atoms with van der Waals surface area (Å²) in [7, 11) is 3.30. The zero-order valence-corrected chi connectivity index (χ0v) is 15.7. The van der Waals surface area contributed by atoms with E-state index >= 15 is 0 Å². The number of methoxy groups -OCH3 is 2. The lowest BCUT2D eigenvalue weighted by Gasteiger charge is -2.42. The van der Waals surface area contributed by atoms with E-state index < -0.39 is 0 Å². The van der Waals surface area contributed by atoms with Crippen LogP contribution in [-0.4, -0.2) is 43.8 Å². The molecule has 5 heteroatoms. The number of hydrogen-bond donors (Lipinski definition) is 0. The molecular formula is C22H23N3O2. The molecule has 2 aromatic carbocycles. The number of hydrogen-bond acceptors (Lipinski definition) is 5. The van der Waals surface area contributed by atoms with Crippen LogP contribution in [0.5, 0.6) is 11.5 Å². The average Bonchev–Trinajstić information content (AvgIpc) is 2.72. The van der Waals surface area contributed by atoms with Crippen molar-refractivity contribution in [2.75, 3.05) is 34.0 Å². The molecule has 0 radical (unpaired) electrons. The highest BCUT2D eigenvalue weighted by Gasteiger charge is 2.31. The molecule has 0 N–H and O–H groups in total. The second-order valence-electron chi connectivity index (χ2n) is 6.93. The molecule has 0 unspecified atom stereocenters. The van der Waals surface area contributed by atoms with Gasteiger partial charge in [0, 0.05) is 25.2 Å². The van der Waals surface area contributed by atoms with E-state index in [0.29, 0.717) is 12.3 Å². The van der Waals surface area contributed by atoms with E-state index in [-0.39, 0.29) is 0 Å². The Hall–Kier alpha value is -2.97. The van der Waals surface area contributed by atoms with Crippen LogP contribution in [0.4, 0.5) is 0 Å². The van der Waals surface area contributed by atoms with Crippen molar-refractivity contribution < 1.29 is 9.47 Å². The summed E-state index contributed by atoms with van der Waals surface area (Å²) in [5.41, 5.74) is 5.43. The van der Waals surface area contributed by atoms with E-state index in [1.54, 1.807) is 14.2 Å². The van der Waals surface area contributed by atoms with Crippen LogP contribution in [0, 0.1) is 11.3 Å². The van der Waals surface area contributed by atoms with Gasteiger partial charge in [-0.15, -0.1) is 0 Å². The van der Waals surface area contributed by atoms with Gasteiger partial charge in [-0.2, -0.15) is 5.26 Å². The molecule has 2 heterocycles. The van der Waals surface area contributed by atoms with E-state index in [9.17, 15) is 5.26 Å². The maximum absolute atomic E-state index is 9.85. The number of benzene rings is 2. The molecular weight excluding hydrogens is 338 g/mol. The Morgan fingerprint density at radius 2 is 1.81 bits per heavy atom. The van der Waals surface area contributed by atoms with Crippen LogP contribution in [-0.2, 0) is 13.0 Å². The Balaban J connectivity index is 1.70. The fourth-order valence-corrected chi connectivity index (χ4v) is 4.01. The molecule has 4 rings (SSSR count). The summed E-state index contributed by atoms with van der Waals surface area (Å²) in [6.07, 6.45) is 0.928. The summed E-state index contributed by atoms with van der Waals surface area (Å²) in [4.78, 5) is 4.64. The van der Waals surface area contributed by atoms with E-state index in [2.05, 4.69) is 40.1 Å². The summed E-state index contributed by atoms with van der Waals surface area (Å²) < 4.78 is 10.9. The molecule has 0 atom stereocenters. The van der Waals surface area contributed by atoms with E-state index in [1.165, 1.54) is 11.1 Å². The quantitative estimate of drug-likeness (QED) is 0.836. The van der Waals surface area contributed by atoms with Crippen molar-refractivity contribution in [2.24, 2.45) is 0 Å². The lowest BCUT2D eigenvalue weighted by molar-refractivity contribution is 0.167. The van der Waals surface area contributed by atoms with Crippen molar-refractivity contribution in [2.45, 2.75) is 13.0 Å². The molecule has 0 fully saturated rings. The summed E-state index contributed by atoms with van der Waals surface area (Å²) in [5.74, 6) is 1.44. The molecule has 2 aliphatic heterocycles. The van der Waals surface area contributed by atoms with Crippen LogP contribution in [0.25, 0.3) is 5.70 Å². The summed E-state index contributed by atoms with van der Waals surface area (Å²) in [5, 5.41) is 9.85. The van der Waals surface area contributed by atoms with Gasteiger partial charge >= 0.3 is 0 Å². The van der Waals surface area contributed by atoms with Crippen molar-refractivity contribution in [3.05, 3.63) is 64.7 Å². The van der Waals surface area contributed by atoms with Crippen molar-refractivity contribution in [3.8, 4) is 17.6 Å². The average molecular weight is 361 g/mol. The predicted octanol–water partition coefficient (Wildman–Crippen LogP) is 3.27. The van der Waals surface area contributed by atoms with Gasteiger partial charge in [0.05, 0.1) is 38.2 Å². The fraction of sp³-hybridized carbons (Fsp3) is 0.318. The first-order valence-corrected chi connectivity index (χ1v) is 9.13. The zero-order valence-electron chi connectivity index (χ0n) is 15.7. The van der Waals surface area contributed by atoms with Crippen molar-refractivity contribution in [1.29, 1.82) is 5.26 Å². The first-order valence-electron chi connectivity index (χ1n) is 9.13. The van der Waals surface area contributed by atoms with E-state index in [4.69, 9.17) is 9.47 Å². The molecule has 0 saturated carbocycles. The summed E-state index contributed by atoms with van der Waals surface area (Å²) in [6, 6.07) is 16.9. The standard InChI is InChI=1S/C22H23N3O2/c1-26-20-10-17-8-9-25-15-24(13-16-6-4-3-5-7-16)14-18(12-23)22(25)19(17)11-21(20)27-2/h3-7,10-11H,8-9,13-15H2,1-2H3. The highest BCUT2D eigenvalue weighted by Crippen LogP contribution is 2.40. The Kier molecular flexibility index (Phi) is 4.74. The lowest BCUT2D eigenvalue weighted by atomic mass is 9.92. The highest BCUT2D eigenvalue weighted by atomic mass is 16.5. The largest absolute Gasteiger partial charge is 0.493 e. The minimum Gasteiger partial charge on any atom is -0.493 e. The fourth-order valence-electron chi connectivity index (χ4n) is 4.01. The molecule has 0 bridgehead atoms. The third-order valence-corrected chi connectivity index (χ3v) is 5.25. The van der Waals surface area contributed by atoms with Crippen LogP contribution >= 0.6 is 0 Å². The smallest absolute Gasteiger partial charge is 0.161 e. The second-order valence-corrected chi connectivity index (χ2v) is 6.93. The number of nitrogens with zero attached hydrogens (tertiary/aromatic N) is 3. The summed E-state index contributed by atoms with van der Waals surface area (Å²) in [6.45, 7) is 3.22. The van der Waals surface area contributed by atoms with Gasteiger partial charge in [0.2, 0.25) is 0 Å². The van der Waals surface area contributed by atoms with Crippen molar-refractivity contribution >= 4 is 5.70 Å². The van der Waals surface area contributed by atoms with Crippen LogP contribution < -0.4 is 9.47 Å². The Labute approximate surface area is 160 Å². The Morgan fingerprint density at radius 3 is 2.52 bits per heavy atom. The monoisotopic (exact) mass is 361 g/mol. The number of rotatable bonds is 4. The highest BCUT2D eigenvalue weighted by molar-refractivity contribution is 5.77. The van der Waals surface area contributed by atoms with Gasteiger partial charge in [0.25, 0.3) is 0 Å². The second kappa shape index (κ2) is 7.34. The number of fused-ring (bicyclic) bond motifs is 3. The maximum atomic E-state index is 9.85. The van der Waals surface area contributed by atoms with Gasteiger partial charge in [-0.3, -0.25) is 4.90 Å². The zero-order chi connectivity index (χ0) is 18.8. The molecule has 2 aliphatic rings. The Bertz CT molecular complexity index is 915. The third-order valence-electron chi connectivity index (χ3n) is 5.25. The first kappa shape index (κ1) is 17.4. The molecule has 27 heavy (non-hydrogen) atoms. The van der Waals surface area contributed by atoms with Gasteiger partial charge in [-0.25, -0.2) is 0 Å². The molecule has 2 aromatic rings. The van der Waals surface area contributed by atoms with E-state index in [0.717, 1.165) is 48.8 Å². The molecule has 0 spiro atoms. The minimum atomic E-state index is 0.658. The first-order chi connectivity index (χ1) is 13.2. The van der Waals surface area contributed by atoms with Crippen molar-refractivity contribution in [1.82, 2.24) is 9.80 Å². The van der Waals surface area contributed by atoms with Crippen LogP contribution in [0.2, 0.25) is 0 Å². The lowest BCUT2D eigenvalue weighted by Crippen LogP contribution is -2.45. The summed E-state index contributed by atoms with van der Waals surface area (Å²) >= 11 is 0. The Morgan fingerprint density at radius 1 is 1.07 bits per heavy atom. The van der Waals surface area contributed by atoms with Crippen LogP contribution in [0.3, 0.4) is 0 Å². The third kappa shape index (κ3) is 3.24. The van der Waals surface area contributed by atoms with Crippen LogP contribution in [0.15, 0.2) is 48.0 Å². The topological polar surface area (TPSA) is 48.7 Å². The number of ether oxygens (including phenoxy) is 2. The predicted molar refractivity (Wildman–Crippen MR) is 104 cm³/mol. The molecule has 5 nitrogen and oxygen atoms in total. The van der Waals surface area contributed by atoms with Gasteiger partial charge < -0.3 is 14.4 Å².